The van der Waals surface area contributed by atoms with Crippen molar-refractivity contribution in [2.45, 2.75) is 13.8 Å². The molecule has 0 aromatic heterocycles. The molecule has 0 fully saturated rings. The Morgan fingerprint density at radius 2 is 1.85 bits per heavy atom. The van der Waals surface area contributed by atoms with Crippen molar-refractivity contribution in [3.05, 3.63) is 71.8 Å². The number of rotatable bonds is 6. The highest BCUT2D eigenvalue weighted by Crippen LogP contribution is 2.25. The predicted octanol–water partition coefficient (Wildman–Crippen LogP) is 4.34. The summed E-state index contributed by atoms with van der Waals surface area (Å²) in [7, 11) is 0. The van der Waals surface area contributed by atoms with Gasteiger partial charge in [0.1, 0.15) is 11.5 Å². The Morgan fingerprint density at radius 3 is 2.59 bits per heavy atom. The van der Waals surface area contributed by atoms with E-state index in [1.807, 2.05) is 30.3 Å². The Hall–Kier alpha value is -3.34. The Bertz CT molecular complexity index is 963. The van der Waals surface area contributed by atoms with Crippen molar-refractivity contribution in [2.75, 3.05) is 6.61 Å². The maximum Gasteiger partial charge on any atom is 0.271 e. The summed E-state index contributed by atoms with van der Waals surface area (Å²) in [5.74, 6) is 0.942. The van der Waals surface area contributed by atoms with E-state index >= 15 is 0 Å². The van der Waals surface area contributed by atoms with Gasteiger partial charge in [0, 0.05) is 11.1 Å². The Kier molecular flexibility index (Phi) is 5.71. The van der Waals surface area contributed by atoms with Gasteiger partial charge in [-0.15, -0.1) is 0 Å². The van der Waals surface area contributed by atoms with Crippen molar-refractivity contribution in [3.8, 4) is 11.5 Å². The number of hydrogen-bond acceptors (Lipinski definition) is 4. The molecular formula is C22H22N2O3. The van der Waals surface area contributed by atoms with Crippen LogP contribution >= 0.6 is 0 Å². The Labute approximate surface area is 158 Å². The molecule has 0 unspecified atom stereocenters. The van der Waals surface area contributed by atoms with E-state index in [2.05, 4.69) is 24.4 Å². The lowest BCUT2D eigenvalue weighted by Crippen LogP contribution is -2.17. The zero-order valence-corrected chi connectivity index (χ0v) is 15.3. The maximum atomic E-state index is 12.2. The summed E-state index contributed by atoms with van der Waals surface area (Å²) >= 11 is 0. The number of ether oxygens (including phenoxy) is 1. The van der Waals surface area contributed by atoms with Crippen molar-refractivity contribution in [2.24, 2.45) is 11.0 Å². The van der Waals surface area contributed by atoms with Gasteiger partial charge in [-0.05, 0) is 47.0 Å². The number of fused-ring (bicyclic) bond motifs is 1. The SMILES string of the molecule is CC(C)COc1ccc(C(=O)N/N=C\c2c(O)ccc3ccccc23)cc1. The predicted molar refractivity (Wildman–Crippen MR) is 107 cm³/mol. The fourth-order valence-electron chi connectivity index (χ4n) is 2.61. The zero-order chi connectivity index (χ0) is 19.2. The molecule has 3 rings (SSSR count). The summed E-state index contributed by atoms with van der Waals surface area (Å²) in [5.41, 5.74) is 3.53. The summed E-state index contributed by atoms with van der Waals surface area (Å²) in [6.07, 6.45) is 1.45. The molecule has 5 heteroatoms. The average Bonchev–Trinajstić information content (AvgIpc) is 2.68. The molecule has 0 saturated carbocycles. The van der Waals surface area contributed by atoms with Crippen molar-refractivity contribution in [3.63, 3.8) is 0 Å². The smallest absolute Gasteiger partial charge is 0.271 e. The standard InChI is InChI=1S/C22H22N2O3/c1-15(2)14-27-18-10-7-17(8-11-18)22(26)24-23-13-20-19-6-4-3-5-16(19)9-12-21(20)25/h3-13,15,25H,14H2,1-2H3,(H,24,26)/b23-13-. The lowest BCUT2D eigenvalue weighted by Gasteiger charge is -2.09. The average molecular weight is 362 g/mol. The van der Waals surface area contributed by atoms with E-state index in [1.54, 1.807) is 30.3 Å². The first-order chi connectivity index (χ1) is 13.0. The van der Waals surface area contributed by atoms with Gasteiger partial charge >= 0.3 is 0 Å². The van der Waals surface area contributed by atoms with E-state index in [-0.39, 0.29) is 11.7 Å². The summed E-state index contributed by atoms with van der Waals surface area (Å²) < 4.78 is 5.61. The molecule has 0 radical (unpaired) electrons. The summed E-state index contributed by atoms with van der Waals surface area (Å²) in [4.78, 5) is 12.2. The molecule has 0 atom stereocenters. The molecule has 0 spiro atoms. The molecular weight excluding hydrogens is 340 g/mol. The molecule has 0 bridgehead atoms. The second-order valence-electron chi connectivity index (χ2n) is 6.65. The van der Waals surface area contributed by atoms with Crippen LogP contribution in [0.1, 0.15) is 29.8 Å². The molecule has 1 amide bonds. The van der Waals surface area contributed by atoms with Crippen LogP contribution in [0.15, 0.2) is 65.8 Å². The van der Waals surface area contributed by atoms with Crippen molar-refractivity contribution < 1.29 is 14.6 Å². The fraction of sp³-hybridized carbons (Fsp3) is 0.182. The first-order valence-corrected chi connectivity index (χ1v) is 8.81. The van der Waals surface area contributed by atoms with Crippen LogP contribution in [0.5, 0.6) is 11.5 Å². The van der Waals surface area contributed by atoms with Crippen molar-refractivity contribution in [1.29, 1.82) is 0 Å². The van der Waals surface area contributed by atoms with E-state index in [9.17, 15) is 9.90 Å². The van der Waals surface area contributed by atoms with E-state index in [4.69, 9.17) is 4.74 Å². The second-order valence-corrected chi connectivity index (χ2v) is 6.65. The minimum atomic E-state index is -0.332. The van der Waals surface area contributed by atoms with E-state index < -0.39 is 0 Å². The largest absolute Gasteiger partial charge is 0.507 e. The molecule has 0 saturated heterocycles. The first-order valence-electron chi connectivity index (χ1n) is 8.81. The lowest BCUT2D eigenvalue weighted by molar-refractivity contribution is 0.0955. The van der Waals surface area contributed by atoms with Crippen LogP contribution in [-0.2, 0) is 0 Å². The number of benzene rings is 3. The highest BCUT2D eigenvalue weighted by molar-refractivity contribution is 6.03. The normalized spacial score (nSPS) is 11.2. The number of amides is 1. The van der Waals surface area contributed by atoms with Gasteiger partial charge in [-0.1, -0.05) is 44.2 Å². The zero-order valence-electron chi connectivity index (χ0n) is 15.3. The Balaban J connectivity index is 1.68. The summed E-state index contributed by atoms with van der Waals surface area (Å²) in [5, 5.41) is 15.9. The second kappa shape index (κ2) is 8.36. The maximum absolute atomic E-state index is 12.2. The first kappa shape index (κ1) is 18.5. The van der Waals surface area contributed by atoms with Gasteiger partial charge in [-0.3, -0.25) is 4.79 Å². The molecule has 0 aliphatic rings. The minimum Gasteiger partial charge on any atom is -0.507 e. The number of aromatic hydroxyl groups is 1. The van der Waals surface area contributed by atoms with Crippen LogP contribution in [0.2, 0.25) is 0 Å². The monoisotopic (exact) mass is 362 g/mol. The molecule has 3 aromatic rings. The third-order valence-electron chi connectivity index (χ3n) is 4.01. The topological polar surface area (TPSA) is 70.9 Å². The number of nitrogens with zero attached hydrogens (tertiary/aromatic N) is 1. The minimum absolute atomic E-state index is 0.110. The van der Waals surface area contributed by atoms with Crippen LogP contribution in [0.4, 0.5) is 0 Å². The van der Waals surface area contributed by atoms with Crippen molar-refractivity contribution in [1.82, 2.24) is 5.43 Å². The number of phenolic OH excluding ortho intramolecular Hbond substituents is 1. The molecule has 2 N–H and O–H groups in total. The number of hydrogen-bond donors (Lipinski definition) is 2. The molecule has 0 aliphatic carbocycles. The molecule has 138 valence electrons. The van der Waals surface area contributed by atoms with E-state index in [0.29, 0.717) is 23.7 Å². The molecule has 3 aromatic carbocycles. The van der Waals surface area contributed by atoms with Gasteiger partial charge in [0.05, 0.1) is 12.8 Å². The number of hydrazone groups is 1. The summed E-state index contributed by atoms with van der Waals surface area (Å²) in [6, 6.07) is 18.0. The van der Waals surface area contributed by atoms with Gasteiger partial charge in [0.25, 0.3) is 5.91 Å². The van der Waals surface area contributed by atoms with Crippen molar-refractivity contribution >= 4 is 22.9 Å². The third-order valence-corrected chi connectivity index (χ3v) is 4.01. The number of phenols is 1. The molecule has 27 heavy (non-hydrogen) atoms. The van der Waals surface area contributed by atoms with Crippen LogP contribution in [0, 0.1) is 5.92 Å². The van der Waals surface area contributed by atoms with Crippen LogP contribution in [0.3, 0.4) is 0 Å². The number of carbonyl (C=O) groups is 1. The fourth-order valence-corrected chi connectivity index (χ4v) is 2.61. The quantitative estimate of drug-likeness (QED) is 0.506. The molecule has 0 aliphatic heterocycles. The van der Waals surface area contributed by atoms with Crippen LogP contribution in [-0.4, -0.2) is 23.8 Å². The highest BCUT2D eigenvalue weighted by Gasteiger charge is 2.07. The summed E-state index contributed by atoms with van der Waals surface area (Å²) in [6.45, 7) is 4.78. The highest BCUT2D eigenvalue weighted by atomic mass is 16.5. The van der Waals surface area contributed by atoms with Gasteiger partial charge in [0.2, 0.25) is 0 Å². The van der Waals surface area contributed by atoms with Gasteiger partial charge in [0.15, 0.2) is 0 Å². The van der Waals surface area contributed by atoms with Gasteiger partial charge < -0.3 is 9.84 Å². The van der Waals surface area contributed by atoms with E-state index in [0.717, 1.165) is 16.5 Å². The lowest BCUT2D eigenvalue weighted by atomic mass is 10.0. The number of carbonyl (C=O) groups excluding carboxylic acids is 1. The van der Waals surface area contributed by atoms with E-state index in [1.165, 1.54) is 6.21 Å². The molecule has 5 nitrogen and oxygen atoms in total. The van der Waals surface area contributed by atoms with Gasteiger partial charge in [-0.25, -0.2) is 5.43 Å². The number of nitrogens with one attached hydrogen (secondary N) is 1. The third kappa shape index (κ3) is 4.64. The molecule has 0 heterocycles. The van der Waals surface area contributed by atoms with Crippen LogP contribution < -0.4 is 10.2 Å². The van der Waals surface area contributed by atoms with Gasteiger partial charge in [-0.2, -0.15) is 5.10 Å². The Morgan fingerprint density at radius 1 is 1.11 bits per heavy atom. The van der Waals surface area contributed by atoms with Crippen LogP contribution in [0.25, 0.3) is 10.8 Å².